The topological polar surface area (TPSA) is 46.9 Å². The number of para-hydroxylation sites is 1. The molecule has 1 amide bonds. The van der Waals surface area contributed by atoms with E-state index in [1.165, 1.54) is 27.6 Å². The number of aryl methyl sites for hydroxylation is 1. The maximum absolute atomic E-state index is 12.7. The molecule has 2 atom stereocenters. The average molecular weight is 396 g/mol. The highest BCUT2D eigenvalue weighted by atomic mass is 16.2. The van der Waals surface area contributed by atoms with E-state index in [1.807, 2.05) is 12.1 Å². The predicted molar refractivity (Wildman–Crippen MR) is 119 cm³/mol. The molecular weight excluding hydrogens is 370 g/mol. The largest absolute Gasteiger partial charge is 0.352 e. The number of carbonyl (C=O) groups excluding carboxylic acids is 1. The Morgan fingerprint density at radius 1 is 1.07 bits per heavy atom. The van der Waals surface area contributed by atoms with Crippen molar-refractivity contribution in [1.29, 1.82) is 0 Å². The molecule has 1 aliphatic carbocycles. The van der Waals surface area contributed by atoms with Crippen LogP contribution in [0.15, 0.2) is 79.3 Å². The Labute approximate surface area is 176 Å². The summed E-state index contributed by atoms with van der Waals surface area (Å²) in [6, 6.07) is 21.1. The van der Waals surface area contributed by atoms with Gasteiger partial charge in [-0.2, -0.15) is 0 Å². The number of amides is 1. The third-order valence-corrected chi connectivity index (χ3v) is 6.01. The molecule has 4 aromatic rings. The summed E-state index contributed by atoms with van der Waals surface area (Å²) in [7, 11) is 0. The number of hydrogen-bond donors (Lipinski definition) is 1. The number of nitrogens with one attached hydrogen (secondary N) is 1. The fourth-order valence-corrected chi connectivity index (χ4v) is 4.24. The van der Waals surface area contributed by atoms with E-state index in [0.717, 1.165) is 18.5 Å². The molecule has 0 saturated heterocycles. The quantitative estimate of drug-likeness (QED) is 0.509. The molecule has 0 unspecified atom stereocenters. The number of pyridine rings is 1. The van der Waals surface area contributed by atoms with Crippen molar-refractivity contribution in [3.8, 4) is 0 Å². The van der Waals surface area contributed by atoms with Crippen molar-refractivity contribution < 1.29 is 4.79 Å². The van der Waals surface area contributed by atoms with Crippen molar-refractivity contribution in [2.75, 3.05) is 0 Å². The van der Waals surface area contributed by atoms with Crippen LogP contribution < -0.4 is 5.32 Å². The molecule has 0 aliphatic heterocycles. The van der Waals surface area contributed by atoms with Crippen molar-refractivity contribution in [2.45, 2.75) is 32.4 Å². The predicted octanol–water partition coefficient (Wildman–Crippen LogP) is 4.81. The minimum absolute atomic E-state index is 0.0558. The number of carbonyl (C=O) groups is 1. The van der Waals surface area contributed by atoms with Crippen molar-refractivity contribution in [3.63, 3.8) is 0 Å². The van der Waals surface area contributed by atoms with Gasteiger partial charge in [0.25, 0.3) is 0 Å². The highest BCUT2D eigenvalue weighted by Gasteiger charge is 2.45. The van der Waals surface area contributed by atoms with Crippen LogP contribution in [0.25, 0.3) is 10.9 Å². The summed E-state index contributed by atoms with van der Waals surface area (Å²) >= 11 is 0. The van der Waals surface area contributed by atoms with Gasteiger partial charge in [0.1, 0.15) is 0 Å². The van der Waals surface area contributed by atoms with Gasteiger partial charge in [-0.25, -0.2) is 0 Å². The Kier molecular flexibility index (Phi) is 4.83. The molecule has 1 N–H and O–H groups in total. The van der Waals surface area contributed by atoms with E-state index in [1.54, 1.807) is 12.4 Å². The Morgan fingerprint density at radius 3 is 2.70 bits per heavy atom. The second kappa shape index (κ2) is 7.79. The number of hydrogen-bond acceptors (Lipinski definition) is 2. The van der Waals surface area contributed by atoms with Crippen molar-refractivity contribution in [1.82, 2.24) is 14.9 Å². The maximum atomic E-state index is 12.7. The normalized spacial score (nSPS) is 17.8. The molecule has 2 aromatic heterocycles. The standard InChI is InChI=1S/C26H25N3O/c1-18-8-10-19(11-9-18)16-29-17-24(21-6-2-3-7-25(21)29)22-13-23(22)26(30)28-15-20-5-4-12-27-14-20/h2-12,14,17,22-23H,13,15-16H2,1H3,(H,28,30)/t22-,23-/m0/s1. The Balaban J connectivity index is 1.34. The van der Waals surface area contributed by atoms with Gasteiger partial charge >= 0.3 is 0 Å². The van der Waals surface area contributed by atoms with E-state index in [-0.39, 0.29) is 11.8 Å². The molecule has 30 heavy (non-hydrogen) atoms. The average Bonchev–Trinajstić information content (AvgIpc) is 3.50. The van der Waals surface area contributed by atoms with Gasteiger partial charge in [0.2, 0.25) is 5.91 Å². The van der Waals surface area contributed by atoms with Crippen LogP contribution >= 0.6 is 0 Å². The molecule has 2 aromatic carbocycles. The monoisotopic (exact) mass is 395 g/mol. The first-order valence-corrected chi connectivity index (χ1v) is 10.5. The third-order valence-electron chi connectivity index (χ3n) is 6.01. The van der Waals surface area contributed by atoms with Gasteiger partial charge in [-0.15, -0.1) is 0 Å². The summed E-state index contributed by atoms with van der Waals surface area (Å²) in [6.45, 7) is 3.48. The Hall–Kier alpha value is -3.40. The van der Waals surface area contributed by atoms with Crippen LogP contribution in [-0.2, 0) is 17.9 Å². The van der Waals surface area contributed by atoms with Crippen LogP contribution in [0.4, 0.5) is 0 Å². The molecule has 5 rings (SSSR count). The van der Waals surface area contributed by atoms with Crippen LogP contribution in [0.5, 0.6) is 0 Å². The lowest BCUT2D eigenvalue weighted by Gasteiger charge is -2.06. The van der Waals surface area contributed by atoms with Gasteiger partial charge in [0.15, 0.2) is 0 Å². The molecule has 0 bridgehead atoms. The van der Waals surface area contributed by atoms with E-state index in [2.05, 4.69) is 76.5 Å². The molecule has 150 valence electrons. The van der Waals surface area contributed by atoms with Gasteiger partial charge in [-0.05, 0) is 48.1 Å². The van der Waals surface area contributed by atoms with Crippen molar-refractivity contribution >= 4 is 16.8 Å². The van der Waals surface area contributed by atoms with E-state index in [4.69, 9.17) is 0 Å². The zero-order chi connectivity index (χ0) is 20.5. The minimum Gasteiger partial charge on any atom is -0.352 e. The smallest absolute Gasteiger partial charge is 0.224 e. The van der Waals surface area contributed by atoms with E-state index >= 15 is 0 Å². The summed E-state index contributed by atoms with van der Waals surface area (Å²) in [5.74, 6) is 0.489. The summed E-state index contributed by atoms with van der Waals surface area (Å²) in [6.07, 6.45) is 6.71. The zero-order valence-corrected chi connectivity index (χ0v) is 17.1. The molecule has 2 heterocycles. The summed E-state index contributed by atoms with van der Waals surface area (Å²) < 4.78 is 2.32. The first kappa shape index (κ1) is 18.6. The summed E-state index contributed by atoms with van der Waals surface area (Å²) in [5, 5.41) is 4.34. The van der Waals surface area contributed by atoms with Crippen molar-refractivity contribution in [2.24, 2.45) is 5.92 Å². The van der Waals surface area contributed by atoms with Crippen LogP contribution in [0, 0.1) is 12.8 Å². The molecular formula is C26H25N3O. The van der Waals surface area contributed by atoms with Gasteiger partial charge in [-0.1, -0.05) is 54.1 Å². The second-order valence-corrected chi connectivity index (χ2v) is 8.24. The number of benzene rings is 2. The molecule has 4 nitrogen and oxygen atoms in total. The van der Waals surface area contributed by atoms with Crippen molar-refractivity contribution in [3.05, 3.63) is 102 Å². The van der Waals surface area contributed by atoms with Gasteiger partial charge in [-0.3, -0.25) is 9.78 Å². The van der Waals surface area contributed by atoms with Crippen LogP contribution in [-0.4, -0.2) is 15.5 Å². The summed E-state index contributed by atoms with van der Waals surface area (Å²) in [4.78, 5) is 16.8. The fourth-order valence-electron chi connectivity index (χ4n) is 4.24. The van der Waals surface area contributed by atoms with Gasteiger partial charge < -0.3 is 9.88 Å². The lowest BCUT2D eigenvalue weighted by Crippen LogP contribution is -2.24. The zero-order valence-electron chi connectivity index (χ0n) is 17.1. The first-order valence-electron chi connectivity index (χ1n) is 10.5. The number of aromatic nitrogens is 2. The van der Waals surface area contributed by atoms with E-state index in [9.17, 15) is 4.79 Å². The van der Waals surface area contributed by atoms with Crippen LogP contribution in [0.1, 0.15) is 34.6 Å². The van der Waals surface area contributed by atoms with Gasteiger partial charge in [0.05, 0.1) is 0 Å². The SMILES string of the molecule is Cc1ccc(Cn2cc([C@H]3C[C@@H]3C(=O)NCc3cccnc3)c3ccccc32)cc1. The summed E-state index contributed by atoms with van der Waals surface area (Å²) in [5.41, 5.74) is 6.11. The van der Waals surface area contributed by atoms with E-state index < -0.39 is 0 Å². The molecule has 1 aliphatic rings. The highest BCUT2D eigenvalue weighted by Crippen LogP contribution is 2.50. The van der Waals surface area contributed by atoms with Crippen LogP contribution in [0.2, 0.25) is 0 Å². The Morgan fingerprint density at radius 2 is 1.90 bits per heavy atom. The fraction of sp³-hybridized carbons (Fsp3) is 0.231. The third kappa shape index (κ3) is 3.73. The van der Waals surface area contributed by atoms with Gasteiger partial charge in [0, 0.05) is 48.5 Å². The first-order chi connectivity index (χ1) is 14.7. The number of rotatable bonds is 6. The molecule has 1 fully saturated rings. The Bertz CT molecular complexity index is 1180. The molecule has 4 heteroatoms. The second-order valence-electron chi connectivity index (χ2n) is 8.24. The highest BCUT2D eigenvalue weighted by molar-refractivity contribution is 5.89. The van der Waals surface area contributed by atoms with E-state index in [0.29, 0.717) is 12.5 Å². The maximum Gasteiger partial charge on any atom is 0.224 e. The lowest BCUT2D eigenvalue weighted by atomic mass is 10.1. The minimum atomic E-state index is 0.0558. The number of nitrogens with zero attached hydrogens (tertiary/aromatic N) is 2. The number of fused-ring (bicyclic) bond motifs is 1. The molecule has 1 saturated carbocycles. The lowest BCUT2D eigenvalue weighted by molar-refractivity contribution is -0.122. The molecule has 0 spiro atoms. The van der Waals surface area contributed by atoms with Crippen LogP contribution in [0.3, 0.4) is 0 Å². The molecule has 0 radical (unpaired) electrons.